The van der Waals surface area contributed by atoms with E-state index < -0.39 is 5.92 Å². The zero-order chi connectivity index (χ0) is 19.7. The Balaban J connectivity index is 1.58. The van der Waals surface area contributed by atoms with E-state index in [1.54, 1.807) is 0 Å². The summed E-state index contributed by atoms with van der Waals surface area (Å²) in [6, 6.07) is 5.91. The van der Waals surface area contributed by atoms with Crippen LogP contribution in [0.15, 0.2) is 18.2 Å². The molecule has 0 spiro atoms. The van der Waals surface area contributed by atoms with Gasteiger partial charge in [0.15, 0.2) is 5.82 Å². The summed E-state index contributed by atoms with van der Waals surface area (Å²) >= 11 is 0. The molecule has 0 unspecified atom stereocenters. The SMILES string of the molecule is Cc1cccc(-c2nc(NC3CCC(F)(F)CC3)nc(N[C@H](C)C3CC3)n2)n1. The molecule has 28 heavy (non-hydrogen) atoms. The van der Waals surface area contributed by atoms with Crippen LogP contribution in [-0.4, -0.2) is 37.9 Å². The lowest BCUT2D eigenvalue weighted by Crippen LogP contribution is -2.32. The van der Waals surface area contributed by atoms with Crippen molar-refractivity contribution in [1.82, 2.24) is 19.9 Å². The summed E-state index contributed by atoms with van der Waals surface area (Å²) in [6.45, 7) is 4.04. The van der Waals surface area contributed by atoms with Gasteiger partial charge in [0.05, 0.1) is 0 Å². The Morgan fingerprint density at radius 1 is 1.00 bits per heavy atom. The number of nitrogens with zero attached hydrogens (tertiary/aromatic N) is 4. The van der Waals surface area contributed by atoms with E-state index in [1.165, 1.54) is 12.8 Å². The van der Waals surface area contributed by atoms with Crippen molar-refractivity contribution in [1.29, 1.82) is 0 Å². The smallest absolute Gasteiger partial charge is 0.248 e. The first kappa shape index (κ1) is 19.0. The van der Waals surface area contributed by atoms with E-state index in [2.05, 4.69) is 37.5 Å². The van der Waals surface area contributed by atoms with Gasteiger partial charge in [0.25, 0.3) is 0 Å². The van der Waals surface area contributed by atoms with E-state index in [9.17, 15) is 8.78 Å². The number of anilines is 2. The van der Waals surface area contributed by atoms with Crippen LogP contribution in [0.5, 0.6) is 0 Å². The van der Waals surface area contributed by atoms with Crippen molar-refractivity contribution in [2.24, 2.45) is 5.92 Å². The van der Waals surface area contributed by atoms with E-state index in [4.69, 9.17) is 0 Å². The summed E-state index contributed by atoms with van der Waals surface area (Å²) < 4.78 is 26.9. The molecule has 150 valence electrons. The highest BCUT2D eigenvalue weighted by Crippen LogP contribution is 2.35. The predicted octanol–water partition coefficient (Wildman–Crippen LogP) is 4.44. The molecule has 2 aromatic rings. The van der Waals surface area contributed by atoms with E-state index >= 15 is 0 Å². The maximum atomic E-state index is 13.4. The van der Waals surface area contributed by atoms with Gasteiger partial charge in [-0.1, -0.05) is 6.07 Å². The van der Waals surface area contributed by atoms with Crippen LogP contribution in [0.4, 0.5) is 20.7 Å². The van der Waals surface area contributed by atoms with Gasteiger partial charge in [-0.3, -0.25) is 0 Å². The molecule has 0 bridgehead atoms. The lowest BCUT2D eigenvalue weighted by Gasteiger charge is -2.28. The highest BCUT2D eigenvalue weighted by molar-refractivity contribution is 5.54. The van der Waals surface area contributed by atoms with Crippen molar-refractivity contribution < 1.29 is 8.78 Å². The van der Waals surface area contributed by atoms with Gasteiger partial charge >= 0.3 is 0 Å². The third kappa shape index (κ3) is 4.72. The highest BCUT2D eigenvalue weighted by Gasteiger charge is 2.35. The minimum Gasteiger partial charge on any atom is -0.351 e. The van der Waals surface area contributed by atoms with Crippen molar-refractivity contribution in [3.63, 3.8) is 0 Å². The lowest BCUT2D eigenvalue weighted by atomic mass is 9.92. The molecule has 6 nitrogen and oxygen atoms in total. The van der Waals surface area contributed by atoms with Gasteiger partial charge in [0.1, 0.15) is 5.69 Å². The van der Waals surface area contributed by atoms with Crippen LogP contribution in [0.3, 0.4) is 0 Å². The normalized spacial score (nSPS) is 20.6. The third-order valence-corrected chi connectivity index (χ3v) is 5.49. The zero-order valence-electron chi connectivity index (χ0n) is 16.3. The molecule has 2 aliphatic rings. The molecule has 0 amide bonds. The first-order valence-electron chi connectivity index (χ1n) is 9.99. The van der Waals surface area contributed by atoms with E-state index in [0.717, 1.165) is 5.69 Å². The first-order chi connectivity index (χ1) is 13.4. The number of halogens is 2. The second-order valence-corrected chi connectivity index (χ2v) is 8.02. The van der Waals surface area contributed by atoms with Crippen LogP contribution in [0, 0.1) is 12.8 Å². The molecular formula is C20H26F2N6. The van der Waals surface area contributed by atoms with Crippen molar-refractivity contribution in [3.05, 3.63) is 23.9 Å². The van der Waals surface area contributed by atoms with E-state index in [0.29, 0.717) is 42.2 Å². The third-order valence-electron chi connectivity index (χ3n) is 5.49. The van der Waals surface area contributed by atoms with Crippen LogP contribution in [0.2, 0.25) is 0 Å². The molecule has 2 aromatic heterocycles. The Morgan fingerprint density at radius 3 is 2.39 bits per heavy atom. The van der Waals surface area contributed by atoms with Gasteiger partial charge in [-0.25, -0.2) is 13.8 Å². The highest BCUT2D eigenvalue weighted by atomic mass is 19.3. The average molecular weight is 388 g/mol. The topological polar surface area (TPSA) is 75.6 Å². The molecule has 8 heteroatoms. The van der Waals surface area contributed by atoms with Gasteiger partial charge in [-0.2, -0.15) is 15.0 Å². The molecule has 2 aliphatic carbocycles. The van der Waals surface area contributed by atoms with Crippen LogP contribution in [0.25, 0.3) is 11.5 Å². The van der Waals surface area contributed by atoms with E-state index in [-0.39, 0.29) is 24.9 Å². The second-order valence-electron chi connectivity index (χ2n) is 8.02. The first-order valence-corrected chi connectivity index (χ1v) is 9.99. The molecule has 0 aliphatic heterocycles. The number of nitrogens with one attached hydrogen (secondary N) is 2. The molecule has 0 radical (unpaired) electrons. The molecule has 1 atom stereocenters. The molecule has 0 aromatic carbocycles. The summed E-state index contributed by atoms with van der Waals surface area (Å²) in [5, 5.41) is 6.61. The maximum Gasteiger partial charge on any atom is 0.248 e. The predicted molar refractivity (Wildman–Crippen MR) is 104 cm³/mol. The Labute approximate surface area is 163 Å². The maximum absolute atomic E-state index is 13.4. The van der Waals surface area contributed by atoms with Gasteiger partial charge in [-0.15, -0.1) is 0 Å². The monoisotopic (exact) mass is 388 g/mol. The summed E-state index contributed by atoms with van der Waals surface area (Å²) in [5.74, 6) is -0.521. The van der Waals surface area contributed by atoms with Crippen molar-refractivity contribution in [3.8, 4) is 11.5 Å². The molecule has 0 saturated heterocycles. The Kier molecular flexibility index (Phi) is 5.12. The fourth-order valence-electron chi connectivity index (χ4n) is 3.57. The van der Waals surface area contributed by atoms with Gasteiger partial charge in [-0.05, 0) is 57.6 Å². The number of alkyl halides is 2. The van der Waals surface area contributed by atoms with Crippen LogP contribution >= 0.6 is 0 Å². The zero-order valence-corrected chi connectivity index (χ0v) is 16.3. The van der Waals surface area contributed by atoms with Gasteiger partial charge in [0, 0.05) is 30.6 Å². The second kappa shape index (κ2) is 7.56. The quantitative estimate of drug-likeness (QED) is 0.762. The number of hydrogen-bond donors (Lipinski definition) is 2. The number of hydrogen-bond acceptors (Lipinski definition) is 6. The number of aryl methyl sites for hydroxylation is 1. The van der Waals surface area contributed by atoms with Crippen molar-refractivity contribution in [2.45, 2.75) is 70.4 Å². The summed E-state index contributed by atoms with van der Waals surface area (Å²) in [7, 11) is 0. The standard InChI is InChI=1S/C20H26F2N6/c1-12-4-3-5-16(23-12)17-26-18(24-13(2)14-6-7-14)28-19(27-17)25-15-8-10-20(21,22)11-9-15/h3-5,13-15H,6-11H2,1-2H3,(H2,24,25,26,27,28)/t13-/m1/s1. The Morgan fingerprint density at radius 2 is 1.71 bits per heavy atom. The van der Waals surface area contributed by atoms with E-state index in [1.807, 2.05) is 25.1 Å². The molecule has 2 heterocycles. The number of rotatable bonds is 6. The molecular weight excluding hydrogens is 362 g/mol. The molecule has 2 N–H and O–H groups in total. The van der Waals surface area contributed by atoms with Crippen LogP contribution in [0.1, 0.15) is 51.1 Å². The fourth-order valence-corrected chi connectivity index (χ4v) is 3.57. The summed E-state index contributed by atoms with van der Waals surface area (Å²) in [5.41, 5.74) is 1.55. The summed E-state index contributed by atoms with van der Waals surface area (Å²) in [4.78, 5) is 18.1. The minimum atomic E-state index is -2.56. The average Bonchev–Trinajstić information content (AvgIpc) is 3.49. The van der Waals surface area contributed by atoms with Crippen molar-refractivity contribution >= 4 is 11.9 Å². The summed E-state index contributed by atoms with van der Waals surface area (Å²) in [6.07, 6.45) is 3.02. The largest absolute Gasteiger partial charge is 0.351 e. The van der Waals surface area contributed by atoms with Crippen molar-refractivity contribution in [2.75, 3.05) is 10.6 Å². The fraction of sp³-hybridized carbons (Fsp3) is 0.600. The van der Waals surface area contributed by atoms with Crippen LogP contribution in [-0.2, 0) is 0 Å². The minimum absolute atomic E-state index is 0.0611. The van der Waals surface area contributed by atoms with Gasteiger partial charge < -0.3 is 10.6 Å². The molecule has 2 fully saturated rings. The van der Waals surface area contributed by atoms with Crippen LogP contribution < -0.4 is 10.6 Å². The molecule has 4 rings (SSSR count). The number of aromatic nitrogens is 4. The number of pyridine rings is 1. The van der Waals surface area contributed by atoms with Gasteiger partial charge in [0.2, 0.25) is 17.8 Å². The lowest BCUT2D eigenvalue weighted by molar-refractivity contribution is -0.0361. The molecule has 2 saturated carbocycles. The Bertz CT molecular complexity index is 829. The Hall–Kier alpha value is -2.38.